The van der Waals surface area contributed by atoms with E-state index in [4.69, 9.17) is 17.3 Å². The maximum atomic E-state index is 12.5. The van der Waals surface area contributed by atoms with Crippen LogP contribution in [0.2, 0.25) is 4.47 Å². The Morgan fingerprint density at radius 3 is 2.81 bits per heavy atom. The van der Waals surface area contributed by atoms with Crippen LogP contribution in [0, 0.1) is 0 Å². The number of rotatable bonds is 5. The van der Waals surface area contributed by atoms with Crippen LogP contribution >= 0.6 is 34.7 Å². The fourth-order valence-corrected chi connectivity index (χ4v) is 5.13. The topological polar surface area (TPSA) is 132 Å². The Kier molecular flexibility index (Phi) is 5.15. The van der Waals surface area contributed by atoms with Gasteiger partial charge in [-0.2, -0.15) is 5.10 Å². The number of primary amides is 1. The summed E-state index contributed by atoms with van der Waals surface area (Å²) in [7, 11) is 0. The number of nitrogens with one attached hydrogen (secondary N) is 1. The fourth-order valence-electron chi connectivity index (χ4n) is 3.23. The van der Waals surface area contributed by atoms with Gasteiger partial charge in [0.25, 0.3) is 5.56 Å². The normalized spacial score (nSPS) is 16.6. The van der Waals surface area contributed by atoms with Crippen LogP contribution < -0.4 is 11.3 Å². The Labute approximate surface area is 166 Å². The van der Waals surface area contributed by atoms with Gasteiger partial charge >= 0.3 is 0 Å². The standard InChI is InChI=1S/C15H16ClN7O2S2/c16-14-22-21-13(27-14)9(10(17)24)26-15-19-11-8(12(25)20-15)6-18-23(11)7-4-2-1-3-5-7/h6-7,9H,1-5H2,(H2,17,24)(H,19,20,25). The minimum absolute atomic E-state index is 0.212. The van der Waals surface area contributed by atoms with Crippen molar-refractivity contribution in [2.75, 3.05) is 0 Å². The van der Waals surface area contributed by atoms with E-state index in [9.17, 15) is 9.59 Å². The molecule has 0 spiro atoms. The number of aromatic nitrogens is 6. The minimum atomic E-state index is -0.846. The summed E-state index contributed by atoms with van der Waals surface area (Å²) in [4.78, 5) is 31.6. The number of hydrogen-bond acceptors (Lipinski definition) is 8. The molecule has 0 saturated heterocycles. The first kappa shape index (κ1) is 18.4. The van der Waals surface area contributed by atoms with Gasteiger partial charge in [0.15, 0.2) is 10.8 Å². The van der Waals surface area contributed by atoms with Gasteiger partial charge in [-0.15, -0.1) is 10.2 Å². The Morgan fingerprint density at radius 2 is 2.15 bits per heavy atom. The molecule has 1 saturated carbocycles. The first-order valence-electron chi connectivity index (χ1n) is 8.45. The van der Waals surface area contributed by atoms with E-state index in [1.165, 1.54) is 6.42 Å². The summed E-state index contributed by atoms with van der Waals surface area (Å²) in [6.45, 7) is 0. The van der Waals surface area contributed by atoms with E-state index in [-0.39, 0.29) is 21.2 Å². The Morgan fingerprint density at radius 1 is 1.37 bits per heavy atom. The number of halogens is 1. The SMILES string of the molecule is NC(=O)C(Sc1nc2c(cnn2C2CCCCC2)c(=O)[nH]1)c1nnc(Cl)s1. The summed E-state index contributed by atoms with van der Waals surface area (Å²) in [6, 6.07) is 0.234. The van der Waals surface area contributed by atoms with Crippen molar-refractivity contribution in [1.29, 1.82) is 0 Å². The van der Waals surface area contributed by atoms with Crippen LogP contribution in [0.25, 0.3) is 11.0 Å². The van der Waals surface area contributed by atoms with Gasteiger partial charge in [-0.1, -0.05) is 42.4 Å². The van der Waals surface area contributed by atoms with Crippen molar-refractivity contribution in [3.8, 4) is 0 Å². The number of nitrogens with zero attached hydrogens (tertiary/aromatic N) is 5. The zero-order valence-corrected chi connectivity index (χ0v) is 16.5. The summed E-state index contributed by atoms with van der Waals surface area (Å²) < 4.78 is 2.04. The van der Waals surface area contributed by atoms with Gasteiger partial charge in [-0.25, -0.2) is 9.67 Å². The predicted molar refractivity (Wildman–Crippen MR) is 103 cm³/mol. The minimum Gasteiger partial charge on any atom is -0.368 e. The quantitative estimate of drug-likeness (QED) is 0.473. The molecule has 1 aliphatic rings. The molecule has 9 nitrogen and oxygen atoms in total. The number of thioether (sulfide) groups is 1. The number of hydrogen-bond donors (Lipinski definition) is 2. The van der Waals surface area contributed by atoms with E-state index in [0.717, 1.165) is 48.8 Å². The lowest BCUT2D eigenvalue weighted by Gasteiger charge is -2.22. The van der Waals surface area contributed by atoms with Gasteiger partial charge in [0.05, 0.1) is 12.2 Å². The molecule has 3 N–H and O–H groups in total. The number of amides is 1. The van der Waals surface area contributed by atoms with Crippen molar-refractivity contribution >= 4 is 51.6 Å². The number of fused-ring (bicyclic) bond motifs is 1. The van der Waals surface area contributed by atoms with Crippen molar-refractivity contribution in [3.05, 3.63) is 26.0 Å². The maximum absolute atomic E-state index is 12.5. The monoisotopic (exact) mass is 425 g/mol. The highest BCUT2D eigenvalue weighted by atomic mass is 35.5. The third-order valence-electron chi connectivity index (χ3n) is 4.49. The molecule has 0 aliphatic heterocycles. The summed E-state index contributed by atoms with van der Waals surface area (Å²) in [5.74, 6) is -0.614. The second kappa shape index (κ2) is 7.56. The van der Waals surface area contributed by atoms with Crippen LogP contribution in [-0.2, 0) is 4.79 Å². The number of aromatic amines is 1. The molecule has 0 bridgehead atoms. The van der Waals surface area contributed by atoms with Crippen LogP contribution in [0.3, 0.4) is 0 Å². The average Bonchev–Trinajstić information content (AvgIpc) is 3.27. The Bertz CT molecular complexity index is 1040. The lowest BCUT2D eigenvalue weighted by Crippen LogP contribution is -2.20. The second-order valence-electron chi connectivity index (χ2n) is 6.28. The molecule has 0 aromatic carbocycles. The maximum Gasteiger partial charge on any atom is 0.262 e. The van der Waals surface area contributed by atoms with Crippen molar-refractivity contribution in [3.63, 3.8) is 0 Å². The second-order valence-corrected chi connectivity index (χ2v) is 8.97. The van der Waals surface area contributed by atoms with Crippen molar-refractivity contribution in [1.82, 2.24) is 29.9 Å². The highest BCUT2D eigenvalue weighted by Gasteiger charge is 2.26. The molecule has 4 rings (SSSR count). The van der Waals surface area contributed by atoms with E-state index in [0.29, 0.717) is 16.0 Å². The van der Waals surface area contributed by atoms with E-state index in [2.05, 4.69) is 25.3 Å². The van der Waals surface area contributed by atoms with E-state index >= 15 is 0 Å². The Hall–Kier alpha value is -1.98. The van der Waals surface area contributed by atoms with Crippen LogP contribution in [0.1, 0.15) is 48.4 Å². The molecule has 3 aromatic heterocycles. The average molecular weight is 426 g/mol. The predicted octanol–water partition coefficient (Wildman–Crippen LogP) is 2.45. The van der Waals surface area contributed by atoms with Crippen molar-refractivity contribution in [2.24, 2.45) is 5.73 Å². The number of H-pyrrole nitrogens is 1. The van der Waals surface area contributed by atoms with Crippen LogP contribution in [0.5, 0.6) is 0 Å². The van der Waals surface area contributed by atoms with Crippen molar-refractivity contribution in [2.45, 2.75) is 48.6 Å². The van der Waals surface area contributed by atoms with Crippen LogP contribution in [-0.4, -0.2) is 35.9 Å². The molecule has 1 fully saturated rings. The molecule has 1 atom stereocenters. The summed E-state index contributed by atoms with van der Waals surface area (Å²) in [6.07, 6.45) is 7.06. The highest BCUT2D eigenvalue weighted by molar-refractivity contribution is 8.00. The molecule has 0 radical (unpaired) electrons. The summed E-state index contributed by atoms with van der Waals surface area (Å²) in [5, 5.41) is 12.2. The van der Waals surface area contributed by atoms with Gasteiger partial charge in [0.1, 0.15) is 15.6 Å². The largest absolute Gasteiger partial charge is 0.368 e. The molecule has 1 unspecified atom stereocenters. The first-order valence-corrected chi connectivity index (χ1v) is 10.5. The summed E-state index contributed by atoms with van der Waals surface area (Å²) in [5.41, 5.74) is 5.72. The molecule has 3 aromatic rings. The van der Waals surface area contributed by atoms with Gasteiger partial charge in [0, 0.05) is 0 Å². The molecule has 3 heterocycles. The van der Waals surface area contributed by atoms with E-state index in [1.807, 2.05) is 4.68 Å². The highest BCUT2D eigenvalue weighted by Crippen LogP contribution is 2.36. The molecular formula is C15H16ClN7O2S2. The molecular weight excluding hydrogens is 410 g/mol. The van der Waals surface area contributed by atoms with Gasteiger partial charge < -0.3 is 10.7 Å². The lowest BCUT2D eigenvalue weighted by molar-refractivity contribution is -0.117. The van der Waals surface area contributed by atoms with Gasteiger partial charge in [0.2, 0.25) is 10.4 Å². The van der Waals surface area contributed by atoms with E-state index < -0.39 is 11.2 Å². The molecule has 142 valence electrons. The van der Waals surface area contributed by atoms with Gasteiger partial charge in [-0.3, -0.25) is 9.59 Å². The van der Waals surface area contributed by atoms with Crippen LogP contribution in [0.4, 0.5) is 0 Å². The lowest BCUT2D eigenvalue weighted by atomic mass is 9.96. The van der Waals surface area contributed by atoms with Gasteiger partial charge in [-0.05, 0) is 24.4 Å². The Balaban J connectivity index is 1.71. The molecule has 12 heteroatoms. The zero-order valence-electron chi connectivity index (χ0n) is 14.1. The number of nitrogens with two attached hydrogens (primary N) is 1. The molecule has 1 amide bonds. The first-order chi connectivity index (χ1) is 13.0. The fraction of sp³-hybridized carbons (Fsp3) is 0.467. The number of carbonyl (C=O) groups is 1. The summed E-state index contributed by atoms with van der Waals surface area (Å²) >= 11 is 7.89. The molecule has 27 heavy (non-hydrogen) atoms. The zero-order chi connectivity index (χ0) is 19.0. The van der Waals surface area contributed by atoms with Crippen LogP contribution in [0.15, 0.2) is 16.1 Å². The smallest absolute Gasteiger partial charge is 0.262 e. The third-order valence-corrected chi connectivity index (χ3v) is 6.83. The van der Waals surface area contributed by atoms with E-state index in [1.54, 1.807) is 6.20 Å². The molecule has 1 aliphatic carbocycles. The van der Waals surface area contributed by atoms with Crippen molar-refractivity contribution < 1.29 is 4.79 Å². The number of carbonyl (C=O) groups excluding carboxylic acids is 1. The third kappa shape index (κ3) is 3.71.